The zero-order valence-corrected chi connectivity index (χ0v) is 9.68. The third-order valence-electron chi connectivity index (χ3n) is 3.56. The fraction of sp³-hybridized carbons (Fsp3) is 0.500. The van der Waals surface area contributed by atoms with Crippen LogP contribution in [-0.4, -0.2) is 12.1 Å². The lowest BCUT2D eigenvalue weighted by Gasteiger charge is -2.09. The van der Waals surface area contributed by atoms with E-state index in [0.717, 1.165) is 5.92 Å². The first-order valence-corrected chi connectivity index (χ1v) is 6.07. The van der Waals surface area contributed by atoms with Gasteiger partial charge in [-0.1, -0.05) is 28.1 Å². The first-order chi connectivity index (χ1) is 6.77. The van der Waals surface area contributed by atoms with Crippen LogP contribution in [0.5, 0.6) is 0 Å². The maximum Gasteiger partial charge on any atom is 0.0189 e. The van der Waals surface area contributed by atoms with Gasteiger partial charge in [-0.15, -0.1) is 0 Å². The molecule has 2 heteroatoms. The van der Waals surface area contributed by atoms with E-state index in [9.17, 15) is 0 Å². The van der Waals surface area contributed by atoms with Gasteiger partial charge in [0.25, 0.3) is 0 Å². The number of nitrogens with one attached hydrogen (secondary N) is 1. The zero-order valence-electron chi connectivity index (χ0n) is 8.09. The van der Waals surface area contributed by atoms with Crippen LogP contribution < -0.4 is 5.32 Å². The van der Waals surface area contributed by atoms with Crippen LogP contribution >= 0.6 is 15.9 Å². The molecule has 1 saturated carbocycles. The molecule has 0 amide bonds. The summed E-state index contributed by atoms with van der Waals surface area (Å²) in [6.45, 7) is 1.17. The van der Waals surface area contributed by atoms with Crippen molar-refractivity contribution in [3.63, 3.8) is 0 Å². The molecule has 1 saturated heterocycles. The SMILES string of the molecule is Brc1ccc(C2CNC3(CC3)C2)cc1. The Labute approximate surface area is 93.0 Å². The van der Waals surface area contributed by atoms with Crippen molar-refractivity contribution in [1.82, 2.24) is 5.32 Å². The molecule has 1 unspecified atom stereocenters. The standard InChI is InChI=1S/C12H14BrN/c13-11-3-1-9(2-4-11)10-7-12(5-6-12)14-8-10/h1-4,10,14H,5-8H2. The fourth-order valence-electron chi connectivity index (χ4n) is 2.46. The Kier molecular flexibility index (Phi) is 1.96. The number of benzene rings is 1. The molecule has 3 rings (SSSR count). The molecule has 1 N–H and O–H groups in total. The number of halogens is 1. The zero-order chi connectivity index (χ0) is 9.60. The van der Waals surface area contributed by atoms with Crippen molar-refractivity contribution in [2.45, 2.75) is 30.7 Å². The van der Waals surface area contributed by atoms with Gasteiger partial charge in [0.15, 0.2) is 0 Å². The normalized spacial score (nSPS) is 28.2. The average Bonchev–Trinajstić information content (AvgIpc) is 2.79. The predicted octanol–water partition coefficient (Wildman–Crippen LogP) is 3.06. The van der Waals surface area contributed by atoms with Gasteiger partial charge in [-0.25, -0.2) is 0 Å². The monoisotopic (exact) mass is 251 g/mol. The second kappa shape index (κ2) is 3.07. The number of hydrogen-bond donors (Lipinski definition) is 1. The number of rotatable bonds is 1. The molecule has 0 bridgehead atoms. The molecule has 74 valence electrons. The van der Waals surface area contributed by atoms with E-state index in [0.29, 0.717) is 5.54 Å². The molecular weight excluding hydrogens is 238 g/mol. The van der Waals surface area contributed by atoms with Gasteiger partial charge < -0.3 is 5.32 Å². The highest BCUT2D eigenvalue weighted by molar-refractivity contribution is 9.10. The molecule has 1 aromatic carbocycles. The van der Waals surface area contributed by atoms with Crippen LogP contribution in [-0.2, 0) is 0 Å². The molecule has 1 heterocycles. The summed E-state index contributed by atoms with van der Waals surface area (Å²) in [5.74, 6) is 0.741. The number of hydrogen-bond acceptors (Lipinski definition) is 1. The maximum absolute atomic E-state index is 3.66. The molecular formula is C12H14BrN. The van der Waals surface area contributed by atoms with Gasteiger partial charge in [-0.05, 0) is 42.9 Å². The summed E-state index contributed by atoms with van der Waals surface area (Å²) in [7, 11) is 0. The Bertz CT molecular complexity index is 340. The van der Waals surface area contributed by atoms with Crippen molar-refractivity contribution < 1.29 is 0 Å². The molecule has 1 aromatic rings. The van der Waals surface area contributed by atoms with Gasteiger partial charge in [-0.2, -0.15) is 0 Å². The molecule has 1 spiro atoms. The summed E-state index contributed by atoms with van der Waals surface area (Å²) in [5.41, 5.74) is 2.04. The van der Waals surface area contributed by atoms with Gasteiger partial charge in [-0.3, -0.25) is 0 Å². The van der Waals surface area contributed by atoms with Gasteiger partial charge in [0.1, 0.15) is 0 Å². The molecule has 1 atom stereocenters. The summed E-state index contributed by atoms with van der Waals surface area (Å²) in [5, 5.41) is 3.66. The van der Waals surface area contributed by atoms with E-state index in [1.807, 2.05) is 0 Å². The second-order valence-corrected chi connectivity index (χ2v) is 5.53. The largest absolute Gasteiger partial charge is 0.311 e. The molecule has 14 heavy (non-hydrogen) atoms. The highest BCUT2D eigenvalue weighted by Gasteiger charge is 2.48. The lowest BCUT2D eigenvalue weighted by Crippen LogP contribution is -2.22. The summed E-state index contributed by atoms with van der Waals surface area (Å²) >= 11 is 3.47. The summed E-state index contributed by atoms with van der Waals surface area (Å²) < 4.78 is 1.17. The van der Waals surface area contributed by atoms with Crippen LogP contribution in [0.4, 0.5) is 0 Å². The molecule has 2 fully saturated rings. The van der Waals surface area contributed by atoms with Crippen LogP contribution in [0.15, 0.2) is 28.7 Å². The van der Waals surface area contributed by atoms with Crippen LogP contribution in [0.25, 0.3) is 0 Å². The summed E-state index contributed by atoms with van der Waals surface area (Å²) in [4.78, 5) is 0. The minimum Gasteiger partial charge on any atom is -0.311 e. The van der Waals surface area contributed by atoms with Crippen molar-refractivity contribution >= 4 is 15.9 Å². The van der Waals surface area contributed by atoms with E-state index >= 15 is 0 Å². The first kappa shape index (κ1) is 8.93. The smallest absolute Gasteiger partial charge is 0.0189 e. The second-order valence-electron chi connectivity index (χ2n) is 4.61. The minimum atomic E-state index is 0.553. The Morgan fingerprint density at radius 2 is 1.93 bits per heavy atom. The van der Waals surface area contributed by atoms with E-state index in [2.05, 4.69) is 45.5 Å². The van der Waals surface area contributed by atoms with E-state index in [4.69, 9.17) is 0 Å². The molecule has 1 nitrogen and oxygen atoms in total. The van der Waals surface area contributed by atoms with Crippen molar-refractivity contribution in [2.24, 2.45) is 0 Å². The molecule has 1 aliphatic heterocycles. The third kappa shape index (κ3) is 1.51. The van der Waals surface area contributed by atoms with Crippen molar-refractivity contribution in [1.29, 1.82) is 0 Å². The minimum absolute atomic E-state index is 0.553. The summed E-state index contributed by atoms with van der Waals surface area (Å²) in [6, 6.07) is 8.79. The van der Waals surface area contributed by atoms with Gasteiger partial charge in [0.05, 0.1) is 0 Å². The quantitative estimate of drug-likeness (QED) is 0.810. The molecule has 1 aliphatic carbocycles. The van der Waals surface area contributed by atoms with Crippen molar-refractivity contribution in [3.05, 3.63) is 34.3 Å². The van der Waals surface area contributed by atoms with E-state index < -0.39 is 0 Å². The Morgan fingerprint density at radius 1 is 1.21 bits per heavy atom. The Balaban J connectivity index is 1.79. The van der Waals surface area contributed by atoms with Crippen LogP contribution in [0.1, 0.15) is 30.7 Å². The van der Waals surface area contributed by atoms with Crippen molar-refractivity contribution in [2.75, 3.05) is 6.54 Å². The van der Waals surface area contributed by atoms with Crippen LogP contribution in [0.2, 0.25) is 0 Å². The lowest BCUT2D eigenvalue weighted by atomic mass is 9.96. The fourth-order valence-corrected chi connectivity index (χ4v) is 2.72. The lowest BCUT2D eigenvalue weighted by molar-refractivity contribution is 0.595. The van der Waals surface area contributed by atoms with Crippen LogP contribution in [0.3, 0.4) is 0 Å². The van der Waals surface area contributed by atoms with Crippen molar-refractivity contribution in [3.8, 4) is 0 Å². The maximum atomic E-state index is 3.66. The molecule has 2 aliphatic rings. The van der Waals surface area contributed by atoms with Crippen LogP contribution in [0, 0.1) is 0 Å². The summed E-state index contributed by atoms with van der Waals surface area (Å²) in [6.07, 6.45) is 4.12. The average molecular weight is 252 g/mol. The molecule has 0 radical (unpaired) electrons. The van der Waals surface area contributed by atoms with E-state index in [1.54, 1.807) is 0 Å². The topological polar surface area (TPSA) is 12.0 Å². The van der Waals surface area contributed by atoms with E-state index in [1.165, 1.54) is 35.8 Å². The Morgan fingerprint density at radius 3 is 2.50 bits per heavy atom. The first-order valence-electron chi connectivity index (χ1n) is 5.28. The third-order valence-corrected chi connectivity index (χ3v) is 4.08. The predicted molar refractivity (Wildman–Crippen MR) is 61.5 cm³/mol. The van der Waals surface area contributed by atoms with Gasteiger partial charge >= 0.3 is 0 Å². The molecule has 0 aromatic heterocycles. The van der Waals surface area contributed by atoms with E-state index in [-0.39, 0.29) is 0 Å². The Hall–Kier alpha value is -0.340. The van der Waals surface area contributed by atoms with Gasteiger partial charge in [0.2, 0.25) is 0 Å². The van der Waals surface area contributed by atoms with Gasteiger partial charge in [0, 0.05) is 16.6 Å². The highest BCUT2D eigenvalue weighted by Crippen LogP contribution is 2.47. The highest BCUT2D eigenvalue weighted by atomic mass is 79.9.